The normalized spacial score (nSPS) is 20.1. The number of hydrogen-bond acceptors (Lipinski definition) is 1. The summed E-state index contributed by atoms with van der Waals surface area (Å²) in [5, 5.41) is 0. The Balaban J connectivity index is 2.18. The molecule has 0 fully saturated rings. The van der Waals surface area contributed by atoms with E-state index < -0.39 is 0 Å². The SMILES string of the molecule is CCCCC(c1ccccn1)C1C=C(CC)C=CC1. The Morgan fingerprint density at radius 1 is 1.32 bits per heavy atom. The second kappa shape index (κ2) is 7.28. The van der Waals surface area contributed by atoms with Gasteiger partial charge < -0.3 is 0 Å². The number of nitrogens with zero attached hydrogens (tertiary/aromatic N) is 1. The van der Waals surface area contributed by atoms with Gasteiger partial charge in [0, 0.05) is 17.8 Å². The lowest BCUT2D eigenvalue weighted by Gasteiger charge is -2.26. The van der Waals surface area contributed by atoms with E-state index in [1.807, 2.05) is 12.3 Å². The number of hydrogen-bond donors (Lipinski definition) is 0. The van der Waals surface area contributed by atoms with Crippen LogP contribution in [-0.4, -0.2) is 4.98 Å². The van der Waals surface area contributed by atoms with Crippen molar-refractivity contribution in [3.63, 3.8) is 0 Å². The fraction of sp³-hybridized carbons (Fsp3) is 0.500. The number of allylic oxidation sites excluding steroid dienone is 4. The third-order valence-electron chi connectivity index (χ3n) is 4.03. The highest BCUT2D eigenvalue weighted by Gasteiger charge is 2.22. The molecule has 1 heterocycles. The monoisotopic (exact) mass is 255 g/mol. The lowest BCUT2D eigenvalue weighted by Crippen LogP contribution is -2.14. The fourth-order valence-electron chi connectivity index (χ4n) is 2.89. The van der Waals surface area contributed by atoms with Crippen molar-refractivity contribution in [2.45, 2.75) is 51.9 Å². The topological polar surface area (TPSA) is 12.9 Å². The number of aromatic nitrogens is 1. The standard InChI is InChI=1S/C18H25N/c1-3-5-11-17(18-12-6-7-13-19-18)16-10-8-9-15(4-2)14-16/h6-9,12-14,16-17H,3-5,10-11H2,1-2H3. The van der Waals surface area contributed by atoms with Crippen LogP contribution in [0.15, 0.2) is 48.2 Å². The molecule has 0 aliphatic heterocycles. The van der Waals surface area contributed by atoms with E-state index >= 15 is 0 Å². The van der Waals surface area contributed by atoms with Gasteiger partial charge in [0.2, 0.25) is 0 Å². The Morgan fingerprint density at radius 2 is 2.21 bits per heavy atom. The molecule has 2 atom stereocenters. The van der Waals surface area contributed by atoms with Crippen molar-refractivity contribution in [2.24, 2.45) is 5.92 Å². The summed E-state index contributed by atoms with van der Waals surface area (Å²) in [4.78, 5) is 4.60. The first kappa shape index (κ1) is 14.0. The van der Waals surface area contributed by atoms with E-state index in [2.05, 4.69) is 49.2 Å². The van der Waals surface area contributed by atoms with Crippen molar-refractivity contribution in [2.75, 3.05) is 0 Å². The predicted octanol–water partition coefficient (Wildman–Crippen LogP) is 5.27. The zero-order valence-corrected chi connectivity index (χ0v) is 12.2. The summed E-state index contributed by atoms with van der Waals surface area (Å²) in [6, 6.07) is 6.32. The molecule has 1 aliphatic rings. The first-order valence-corrected chi connectivity index (χ1v) is 7.63. The molecule has 1 aromatic heterocycles. The molecule has 2 unspecified atom stereocenters. The summed E-state index contributed by atoms with van der Waals surface area (Å²) >= 11 is 0. The van der Waals surface area contributed by atoms with Crippen LogP contribution in [0.4, 0.5) is 0 Å². The maximum absolute atomic E-state index is 4.60. The highest BCUT2D eigenvalue weighted by atomic mass is 14.7. The van der Waals surface area contributed by atoms with Crippen LogP contribution in [-0.2, 0) is 0 Å². The molecule has 0 saturated heterocycles. The third-order valence-corrected chi connectivity index (χ3v) is 4.03. The fourth-order valence-corrected chi connectivity index (χ4v) is 2.89. The molecular formula is C18H25N. The van der Waals surface area contributed by atoms with E-state index in [4.69, 9.17) is 0 Å². The Morgan fingerprint density at radius 3 is 2.89 bits per heavy atom. The second-order valence-corrected chi connectivity index (χ2v) is 5.40. The van der Waals surface area contributed by atoms with Crippen LogP contribution in [0.5, 0.6) is 0 Å². The number of pyridine rings is 1. The lowest BCUT2D eigenvalue weighted by molar-refractivity contribution is 0.450. The predicted molar refractivity (Wildman–Crippen MR) is 82.1 cm³/mol. The Bertz CT molecular complexity index is 430. The molecule has 19 heavy (non-hydrogen) atoms. The molecule has 2 rings (SSSR count). The van der Waals surface area contributed by atoms with Crippen LogP contribution >= 0.6 is 0 Å². The first-order chi connectivity index (χ1) is 9.35. The number of rotatable bonds is 6. The summed E-state index contributed by atoms with van der Waals surface area (Å²) in [7, 11) is 0. The molecule has 0 spiro atoms. The molecule has 0 bridgehead atoms. The maximum Gasteiger partial charge on any atom is 0.0440 e. The summed E-state index contributed by atoms with van der Waals surface area (Å²) in [6.07, 6.45) is 15.1. The van der Waals surface area contributed by atoms with Crippen LogP contribution in [0.3, 0.4) is 0 Å². The molecule has 0 aromatic carbocycles. The Labute approximate surface area is 117 Å². The van der Waals surface area contributed by atoms with Crippen LogP contribution in [0.1, 0.15) is 57.6 Å². The first-order valence-electron chi connectivity index (χ1n) is 7.63. The van der Waals surface area contributed by atoms with Gasteiger partial charge in [-0.15, -0.1) is 0 Å². The van der Waals surface area contributed by atoms with Crippen molar-refractivity contribution in [3.05, 3.63) is 53.9 Å². The van der Waals surface area contributed by atoms with Gasteiger partial charge in [-0.1, -0.05) is 56.6 Å². The van der Waals surface area contributed by atoms with E-state index in [-0.39, 0.29) is 0 Å². The van der Waals surface area contributed by atoms with E-state index in [0.29, 0.717) is 11.8 Å². The molecule has 1 heteroatoms. The van der Waals surface area contributed by atoms with Crippen molar-refractivity contribution in [1.82, 2.24) is 4.98 Å². The smallest absolute Gasteiger partial charge is 0.0440 e. The minimum atomic E-state index is 0.577. The van der Waals surface area contributed by atoms with Gasteiger partial charge in [0.25, 0.3) is 0 Å². The maximum atomic E-state index is 4.60. The summed E-state index contributed by atoms with van der Waals surface area (Å²) in [6.45, 7) is 4.50. The highest BCUT2D eigenvalue weighted by molar-refractivity contribution is 5.26. The minimum Gasteiger partial charge on any atom is -0.261 e. The van der Waals surface area contributed by atoms with Gasteiger partial charge in [-0.2, -0.15) is 0 Å². The quantitative estimate of drug-likeness (QED) is 0.675. The summed E-state index contributed by atoms with van der Waals surface area (Å²) in [5.74, 6) is 1.20. The van der Waals surface area contributed by atoms with Gasteiger partial charge >= 0.3 is 0 Å². The Kier molecular flexibility index (Phi) is 5.38. The van der Waals surface area contributed by atoms with Crippen molar-refractivity contribution in [3.8, 4) is 0 Å². The van der Waals surface area contributed by atoms with Crippen LogP contribution in [0, 0.1) is 5.92 Å². The van der Waals surface area contributed by atoms with Gasteiger partial charge in [-0.3, -0.25) is 4.98 Å². The van der Waals surface area contributed by atoms with Crippen LogP contribution < -0.4 is 0 Å². The van der Waals surface area contributed by atoms with Crippen molar-refractivity contribution in [1.29, 1.82) is 0 Å². The van der Waals surface area contributed by atoms with Crippen molar-refractivity contribution >= 4 is 0 Å². The molecule has 0 N–H and O–H groups in total. The molecule has 102 valence electrons. The highest BCUT2D eigenvalue weighted by Crippen LogP contribution is 2.35. The largest absolute Gasteiger partial charge is 0.261 e. The van der Waals surface area contributed by atoms with Gasteiger partial charge in [0.15, 0.2) is 0 Å². The molecule has 0 radical (unpaired) electrons. The van der Waals surface area contributed by atoms with E-state index in [1.54, 1.807) is 0 Å². The average molecular weight is 255 g/mol. The van der Waals surface area contributed by atoms with E-state index in [1.165, 1.54) is 30.5 Å². The van der Waals surface area contributed by atoms with Crippen molar-refractivity contribution < 1.29 is 0 Å². The van der Waals surface area contributed by atoms with E-state index in [0.717, 1.165) is 12.8 Å². The molecule has 1 nitrogen and oxygen atoms in total. The van der Waals surface area contributed by atoms with Gasteiger partial charge in [0.1, 0.15) is 0 Å². The van der Waals surface area contributed by atoms with E-state index in [9.17, 15) is 0 Å². The zero-order valence-electron chi connectivity index (χ0n) is 12.2. The molecular weight excluding hydrogens is 230 g/mol. The van der Waals surface area contributed by atoms with Gasteiger partial charge in [0.05, 0.1) is 0 Å². The number of unbranched alkanes of at least 4 members (excludes halogenated alkanes) is 1. The second-order valence-electron chi connectivity index (χ2n) is 5.40. The lowest BCUT2D eigenvalue weighted by atomic mass is 9.79. The average Bonchev–Trinajstić information content (AvgIpc) is 2.49. The molecule has 1 aliphatic carbocycles. The van der Waals surface area contributed by atoms with Gasteiger partial charge in [-0.25, -0.2) is 0 Å². The van der Waals surface area contributed by atoms with Gasteiger partial charge in [-0.05, 0) is 37.3 Å². The molecule has 0 saturated carbocycles. The molecule has 1 aromatic rings. The molecule has 0 amide bonds. The van der Waals surface area contributed by atoms with Crippen LogP contribution in [0.25, 0.3) is 0 Å². The van der Waals surface area contributed by atoms with Crippen LogP contribution in [0.2, 0.25) is 0 Å². The summed E-state index contributed by atoms with van der Waals surface area (Å²) in [5.41, 5.74) is 2.75. The summed E-state index contributed by atoms with van der Waals surface area (Å²) < 4.78 is 0. The third kappa shape index (κ3) is 3.79. The minimum absolute atomic E-state index is 0.577. The zero-order chi connectivity index (χ0) is 13.5. The Hall–Kier alpha value is -1.37.